The van der Waals surface area contributed by atoms with Crippen molar-refractivity contribution in [2.75, 3.05) is 7.05 Å². The smallest absolute Gasteiger partial charge is 0.329 e. The Morgan fingerprint density at radius 1 is 1.22 bits per heavy atom. The van der Waals surface area contributed by atoms with Crippen molar-refractivity contribution < 1.29 is 14.4 Å². The Labute approximate surface area is 131 Å². The number of carbonyl (C=O) groups excluding carboxylic acids is 3. The highest BCUT2D eigenvalue weighted by Gasteiger charge is 2.31. The van der Waals surface area contributed by atoms with Crippen molar-refractivity contribution in [3.63, 3.8) is 0 Å². The lowest BCUT2D eigenvalue weighted by Gasteiger charge is -2.21. The van der Waals surface area contributed by atoms with E-state index in [0.717, 1.165) is 0 Å². The first kappa shape index (κ1) is 15.2. The number of carbonyl (C=O) groups is 3. The van der Waals surface area contributed by atoms with Crippen LogP contribution in [0.3, 0.4) is 0 Å². The first-order valence-corrected chi connectivity index (χ1v) is 7.41. The Bertz CT molecular complexity index is 891. The molecule has 1 aliphatic rings. The van der Waals surface area contributed by atoms with E-state index in [1.54, 1.807) is 25.2 Å². The number of hydrogen-bond acceptors (Lipinski definition) is 4. The van der Waals surface area contributed by atoms with Crippen LogP contribution in [0.2, 0.25) is 0 Å². The fourth-order valence-electron chi connectivity index (χ4n) is 3.08. The van der Waals surface area contributed by atoms with Crippen LogP contribution in [-0.4, -0.2) is 33.7 Å². The van der Waals surface area contributed by atoms with Crippen LogP contribution in [0.5, 0.6) is 0 Å². The zero-order valence-corrected chi connectivity index (χ0v) is 13.0. The molecule has 1 heterocycles. The van der Waals surface area contributed by atoms with Crippen LogP contribution in [0, 0.1) is 0 Å². The number of nitrogens with zero attached hydrogens (tertiary/aromatic N) is 2. The molecule has 3 rings (SSSR count). The maximum absolute atomic E-state index is 12.6. The number of amides is 1. The van der Waals surface area contributed by atoms with Crippen LogP contribution >= 0.6 is 0 Å². The standard InChI is InChI=1S/C16H17N3O4/c1-17-15(22)9-3-5-11-13(7-9)18(2)16(23)19(11)12-6-4-10(20)8-14(12)21/h3,5,7,12H,4,6,8H2,1-2H3,(H,17,22). The number of benzene rings is 1. The van der Waals surface area contributed by atoms with Gasteiger partial charge in [0, 0.05) is 26.1 Å². The zero-order chi connectivity index (χ0) is 16.7. The van der Waals surface area contributed by atoms with Crippen molar-refractivity contribution in [1.29, 1.82) is 0 Å². The average Bonchev–Trinajstić information content (AvgIpc) is 2.78. The molecule has 0 radical (unpaired) electrons. The minimum absolute atomic E-state index is 0.0820. The highest BCUT2D eigenvalue weighted by atomic mass is 16.2. The summed E-state index contributed by atoms with van der Waals surface area (Å²) < 4.78 is 2.86. The summed E-state index contributed by atoms with van der Waals surface area (Å²) in [5.41, 5.74) is 1.30. The van der Waals surface area contributed by atoms with E-state index in [0.29, 0.717) is 29.4 Å². The quantitative estimate of drug-likeness (QED) is 0.820. The van der Waals surface area contributed by atoms with Crippen molar-refractivity contribution in [3.05, 3.63) is 34.2 Å². The van der Waals surface area contributed by atoms with Crippen LogP contribution in [0.1, 0.15) is 35.7 Å². The number of fused-ring (bicyclic) bond motifs is 1. The fraction of sp³-hybridized carbons (Fsp3) is 0.375. The second kappa shape index (κ2) is 5.49. The number of imidazole rings is 1. The molecule has 1 aliphatic carbocycles. The van der Waals surface area contributed by atoms with Crippen LogP contribution in [0.25, 0.3) is 11.0 Å². The summed E-state index contributed by atoms with van der Waals surface area (Å²) in [5.74, 6) is -0.556. The van der Waals surface area contributed by atoms with E-state index in [9.17, 15) is 19.2 Å². The molecule has 1 unspecified atom stereocenters. The normalized spacial score (nSPS) is 18.4. The Balaban J connectivity index is 2.17. The van der Waals surface area contributed by atoms with Gasteiger partial charge in [0.15, 0.2) is 5.78 Å². The summed E-state index contributed by atoms with van der Waals surface area (Å²) in [6.45, 7) is 0. The summed E-state index contributed by atoms with van der Waals surface area (Å²) in [7, 11) is 3.14. The molecular formula is C16H17N3O4. The van der Waals surface area contributed by atoms with Crippen molar-refractivity contribution in [2.24, 2.45) is 7.05 Å². The topological polar surface area (TPSA) is 90.2 Å². The molecule has 1 atom stereocenters. The van der Waals surface area contributed by atoms with Gasteiger partial charge in [-0.25, -0.2) is 4.79 Å². The number of ketones is 2. The molecule has 7 heteroatoms. The van der Waals surface area contributed by atoms with Gasteiger partial charge in [-0.05, 0) is 24.6 Å². The Hall–Kier alpha value is -2.70. The summed E-state index contributed by atoms with van der Waals surface area (Å²) in [6.07, 6.45) is 0.521. The molecule has 23 heavy (non-hydrogen) atoms. The van der Waals surface area contributed by atoms with Crippen LogP contribution in [0.15, 0.2) is 23.0 Å². The van der Waals surface area contributed by atoms with Crippen molar-refractivity contribution >= 4 is 28.5 Å². The summed E-state index contributed by atoms with van der Waals surface area (Å²) >= 11 is 0. The number of Topliss-reactive ketones (excluding diaryl/α,β-unsaturated/α-hetero) is 2. The maximum Gasteiger partial charge on any atom is 0.329 e. The average molecular weight is 315 g/mol. The number of aromatic nitrogens is 2. The van der Waals surface area contributed by atoms with Crippen molar-refractivity contribution in [2.45, 2.75) is 25.3 Å². The minimum atomic E-state index is -0.616. The predicted octanol–water partition coefficient (Wildman–Crippen LogP) is 0.563. The molecule has 0 saturated heterocycles. The van der Waals surface area contributed by atoms with Gasteiger partial charge in [-0.1, -0.05) is 0 Å². The van der Waals surface area contributed by atoms with E-state index in [1.165, 1.54) is 16.2 Å². The van der Waals surface area contributed by atoms with Crippen LogP contribution in [-0.2, 0) is 16.6 Å². The number of aryl methyl sites for hydroxylation is 1. The Morgan fingerprint density at radius 2 is 1.96 bits per heavy atom. The molecule has 1 aromatic heterocycles. The lowest BCUT2D eigenvalue weighted by Crippen LogP contribution is -2.34. The SMILES string of the molecule is CNC(=O)c1ccc2c(c1)n(C)c(=O)n2C1CCC(=O)CC1=O. The zero-order valence-electron chi connectivity index (χ0n) is 13.0. The lowest BCUT2D eigenvalue weighted by atomic mass is 9.93. The molecule has 0 spiro atoms. The van der Waals surface area contributed by atoms with Gasteiger partial charge >= 0.3 is 5.69 Å². The highest BCUT2D eigenvalue weighted by molar-refractivity contribution is 6.04. The molecule has 0 aliphatic heterocycles. The molecule has 1 saturated carbocycles. The van der Waals surface area contributed by atoms with E-state index in [2.05, 4.69) is 5.32 Å². The highest BCUT2D eigenvalue weighted by Crippen LogP contribution is 2.26. The van der Waals surface area contributed by atoms with Gasteiger partial charge in [0.25, 0.3) is 5.91 Å². The van der Waals surface area contributed by atoms with Gasteiger partial charge < -0.3 is 5.32 Å². The molecule has 1 fully saturated rings. The predicted molar refractivity (Wildman–Crippen MR) is 83.5 cm³/mol. The van der Waals surface area contributed by atoms with Crippen molar-refractivity contribution in [1.82, 2.24) is 14.5 Å². The molecule has 7 nitrogen and oxygen atoms in total. The molecular weight excluding hydrogens is 298 g/mol. The first-order valence-electron chi connectivity index (χ1n) is 7.41. The number of rotatable bonds is 2. The molecule has 1 N–H and O–H groups in total. The van der Waals surface area contributed by atoms with E-state index in [-0.39, 0.29) is 29.6 Å². The van der Waals surface area contributed by atoms with E-state index in [1.807, 2.05) is 0 Å². The summed E-state index contributed by atoms with van der Waals surface area (Å²) in [4.78, 5) is 47.9. The van der Waals surface area contributed by atoms with Crippen LogP contribution in [0.4, 0.5) is 0 Å². The third-order valence-electron chi connectivity index (χ3n) is 4.33. The fourth-order valence-corrected chi connectivity index (χ4v) is 3.08. The van der Waals surface area contributed by atoms with E-state index >= 15 is 0 Å². The number of nitrogens with one attached hydrogen (secondary N) is 1. The summed E-state index contributed by atoms with van der Waals surface area (Å²) in [6, 6.07) is 4.31. The molecule has 120 valence electrons. The van der Waals surface area contributed by atoms with Gasteiger partial charge in [0.1, 0.15) is 5.78 Å². The Kier molecular flexibility index (Phi) is 3.63. The Morgan fingerprint density at radius 3 is 2.61 bits per heavy atom. The minimum Gasteiger partial charge on any atom is -0.355 e. The maximum atomic E-state index is 12.6. The first-order chi connectivity index (χ1) is 10.9. The van der Waals surface area contributed by atoms with E-state index in [4.69, 9.17) is 0 Å². The second-order valence-electron chi connectivity index (χ2n) is 5.73. The lowest BCUT2D eigenvalue weighted by molar-refractivity contribution is -0.132. The monoisotopic (exact) mass is 315 g/mol. The van der Waals surface area contributed by atoms with Crippen LogP contribution < -0.4 is 11.0 Å². The molecule has 2 aromatic rings. The van der Waals surface area contributed by atoms with Crippen molar-refractivity contribution in [3.8, 4) is 0 Å². The molecule has 0 bridgehead atoms. The van der Waals surface area contributed by atoms with Gasteiger partial charge in [0.05, 0.1) is 23.5 Å². The second-order valence-corrected chi connectivity index (χ2v) is 5.73. The van der Waals surface area contributed by atoms with Gasteiger partial charge in [-0.2, -0.15) is 0 Å². The van der Waals surface area contributed by atoms with E-state index < -0.39 is 6.04 Å². The van der Waals surface area contributed by atoms with Gasteiger partial charge in [0.2, 0.25) is 0 Å². The molecule has 1 aromatic carbocycles. The van der Waals surface area contributed by atoms with Gasteiger partial charge in [-0.15, -0.1) is 0 Å². The third-order valence-corrected chi connectivity index (χ3v) is 4.33. The van der Waals surface area contributed by atoms with Gasteiger partial charge in [-0.3, -0.25) is 23.5 Å². The summed E-state index contributed by atoms with van der Waals surface area (Å²) in [5, 5.41) is 2.54. The largest absolute Gasteiger partial charge is 0.355 e. The number of hydrogen-bond donors (Lipinski definition) is 1. The molecule has 1 amide bonds. The third kappa shape index (κ3) is 2.38.